The zero-order valence-corrected chi connectivity index (χ0v) is 15.0. The predicted octanol–water partition coefficient (Wildman–Crippen LogP) is 4.66. The number of carbonyl (C=O) groups is 1. The molecule has 0 fully saturated rings. The molecule has 0 spiro atoms. The molecule has 4 aromatic rings. The third-order valence-electron chi connectivity index (χ3n) is 4.39. The van der Waals surface area contributed by atoms with Crippen LogP contribution in [0.15, 0.2) is 36.4 Å². The van der Waals surface area contributed by atoms with Gasteiger partial charge < -0.3 is 9.72 Å². The minimum absolute atomic E-state index is 0.161. The Morgan fingerprint density at radius 2 is 2.04 bits per heavy atom. The maximum atomic E-state index is 12.6. The second-order valence-corrected chi connectivity index (χ2v) is 6.97. The summed E-state index contributed by atoms with van der Waals surface area (Å²) in [5, 5.41) is 4.54. The number of H-pyrrole nitrogens is 1. The van der Waals surface area contributed by atoms with Crippen LogP contribution in [0.1, 0.15) is 21.6 Å². The van der Waals surface area contributed by atoms with Crippen LogP contribution in [0.2, 0.25) is 0 Å². The number of amides is 1. The van der Waals surface area contributed by atoms with Crippen molar-refractivity contribution in [1.29, 1.82) is 0 Å². The Morgan fingerprint density at radius 3 is 2.84 bits per heavy atom. The first-order chi connectivity index (χ1) is 12.0. The van der Waals surface area contributed by atoms with Crippen molar-refractivity contribution in [3.63, 3.8) is 0 Å². The maximum Gasteiger partial charge on any atom is 0.257 e. The smallest absolute Gasteiger partial charge is 0.257 e. The number of rotatable bonds is 3. The Morgan fingerprint density at radius 1 is 1.20 bits per heavy atom. The summed E-state index contributed by atoms with van der Waals surface area (Å²) in [6.07, 6.45) is 0. The Labute approximate surface area is 148 Å². The lowest BCUT2D eigenvalue weighted by Crippen LogP contribution is -2.11. The van der Waals surface area contributed by atoms with Gasteiger partial charge in [0.1, 0.15) is 5.75 Å². The number of ether oxygens (including phenoxy) is 1. The van der Waals surface area contributed by atoms with Gasteiger partial charge in [0.2, 0.25) is 0 Å². The van der Waals surface area contributed by atoms with Gasteiger partial charge in [0.15, 0.2) is 5.13 Å². The molecule has 0 aliphatic rings. The van der Waals surface area contributed by atoms with Crippen molar-refractivity contribution in [2.45, 2.75) is 13.8 Å². The van der Waals surface area contributed by atoms with E-state index in [0.717, 1.165) is 38.1 Å². The minimum Gasteiger partial charge on any atom is -0.497 e. The largest absolute Gasteiger partial charge is 0.497 e. The summed E-state index contributed by atoms with van der Waals surface area (Å²) in [5.74, 6) is 0.615. The summed E-state index contributed by atoms with van der Waals surface area (Å²) >= 11 is 1.43. The van der Waals surface area contributed by atoms with Crippen LogP contribution in [-0.4, -0.2) is 23.0 Å². The van der Waals surface area contributed by atoms with Crippen LogP contribution in [-0.2, 0) is 0 Å². The van der Waals surface area contributed by atoms with Gasteiger partial charge in [0.25, 0.3) is 5.91 Å². The molecule has 4 rings (SSSR count). The Balaban J connectivity index is 1.64. The van der Waals surface area contributed by atoms with E-state index in [1.807, 2.05) is 43.3 Å². The van der Waals surface area contributed by atoms with E-state index in [1.54, 1.807) is 7.11 Å². The lowest BCUT2D eigenvalue weighted by Gasteiger charge is -2.02. The fraction of sp³-hybridized carbons (Fsp3) is 0.158. The van der Waals surface area contributed by atoms with Crippen molar-refractivity contribution in [2.75, 3.05) is 12.4 Å². The van der Waals surface area contributed by atoms with Crippen molar-refractivity contribution < 1.29 is 9.53 Å². The highest BCUT2D eigenvalue weighted by molar-refractivity contribution is 7.22. The van der Waals surface area contributed by atoms with Gasteiger partial charge in [-0.15, -0.1) is 0 Å². The molecule has 0 atom stereocenters. The van der Waals surface area contributed by atoms with Crippen molar-refractivity contribution >= 4 is 43.5 Å². The number of aromatic nitrogens is 2. The molecule has 0 bridgehead atoms. The topological polar surface area (TPSA) is 67.0 Å². The number of nitrogens with one attached hydrogen (secondary N) is 2. The average molecular weight is 351 g/mol. The predicted molar refractivity (Wildman–Crippen MR) is 102 cm³/mol. The van der Waals surface area contributed by atoms with E-state index >= 15 is 0 Å². The van der Waals surface area contributed by atoms with Crippen molar-refractivity contribution in [2.24, 2.45) is 0 Å². The van der Waals surface area contributed by atoms with Gasteiger partial charge in [0, 0.05) is 22.2 Å². The Hall–Kier alpha value is -2.86. The number of aromatic amines is 1. The maximum absolute atomic E-state index is 12.6. The lowest BCUT2D eigenvalue weighted by molar-refractivity contribution is 0.102. The molecule has 5 nitrogen and oxygen atoms in total. The summed E-state index contributed by atoms with van der Waals surface area (Å²) in [4.78, 5) is 20.4. The SMILES string of the molecule is COc1ccc2nc(NC(=O)c3ccc4[nH]c(C)c(C)c4c3)sc2c1. The first-order valence-electron chi connectivity index (χ1n) is 7.90. The lowest BCUT2D eigenvalue weighted by atomic mass is 10.1. The number of fused-ring (bicyclic) bond motifs is 2. The van der Waals surface area contributed by atoms with Crippen molar-refractivity contribution in [3.8, 4) is 5.75 Å². The first kappa shape index (κ1) is 15.7. The van der Waals surface area contributed by atoms with Gasteiger partial charge in [-0.1, -0.05) is 11.3 Å². The van der Waals surface area contributed by atoms with E-state index in [-0.39, 0.29) is 5.91 Å². The molecule has 126 valence electrons. The molecule has 0 aliphatic carbocycles. The van der Waals surface area contributed by atoms with E-state index in [4.69, 9.17) is 4.74 Å². The van der Waals surface area contributed by atoms with Crippen molar-refractivity contribution in [3.05, 3.63) is 53.2 Å². The molecule has 2 heterocycles. The Kier molecular flexibility index (Phi) is 3.69. The van der Waals surface area contributed by atoms with Crippen LogP contribution in [0.5, 0.6) is 5.75 Å². The van der Waals surface area contributed by atoms with Crippen LogP contribution in [0.25, 0.3) is 21.1 Å². The van der Waals surface area contributed by atoms with Crippen LogP contribution in [0.3, 0.4) is 0 Å². The number of thiazole rings is 1. The summed E-state index contributed by atoms with van der Waals surface area (Å²) in [7, 11) is 1.63. The van der Waals surface area contributed by atoms with E-state index in [2.05, 4.69) is 22.2 Å². The van der Waals surface area contributed by atoms with E-state index in [1.165, 1.54) is 11.3 Å². The number of anilines is 1. The van der Waals surface area contributed by atoms with Gasteiger partial charge in [-0.3, -0.25) is 10.1 Å². The van der Waals surface area contributed by atoms with Crippen LogP contribution in [0, 0.1) is 13.8 Å². The van der Waals surface area contributed by atoms with E-state index in [0.29, 0.717) is 10.7 Å². The minimum atomic E-state index is -0.161. The second-order valence-electron chi connectivity index (χ2n) is 5.94. The van der Waals surface area contributed by atoms with E-state index in [9.17, 15) is 4.79 Å². The van der Waals surface area contributed by atoms with Gasteiger partial charge >= 0.3 is 0 Å². The molecule has 2 N–H and O–H groups in total. The number of methoxy groups -OCH3 is 1. The normalized spacial score (nSPS) is 11.2. The summed E-state index contributed by atoms with van der Waals surface area (Å²) in [5.41, 5.74) is 4.78. The highest BCUT2D eigenvalue weighted by Crippen LogP contribution is 2.29. The quantitative estimate of drug-likeness (QED) is 0.564. The summed E-state index contributed by atoms with van der Waals surface area (Å²) < 4.78 is 6.20. The molecule has 2 aromatic carbocycles. The Bertz CT molecular complexity index is 1110. The zero-order valence-electron chi connectivity index (χ0n) is 14.1. The number of benzene rings is 2. The van der Waals surface area contributed by atoms with Crippen molar-refractivity contribution in [1.82, 2.24) is 9.97 Å². The number of aryl methyl sites for hydroxylation is 2. The molecule has 0 saturated heterocycles. The standard InChI is InChI=1S/C19H17N3O2S/c1-10-11(2)20-15-6-4-12(8-14(10)15)18(23)22-19-21-16-7-5-13(24-3)9-17(16)25-19/h4-9,20H,1-3H3,(H,21,22,23). The van der Waals surface area contributed by atoms with Gasteiger partial charge in [0.05, 0.1) is 17.3 Å². The molecule has 0 aliphatic heterocycles. The molecule has 25 heavy (non-hydrogen) atoms. The monoisotopic (exact) mass is 351 g/mol. The van der Waals surface area contributed by atoms with Gasteiger partial charge in [-0.05, 0) is 55.8 Å². The molecular formula is C19H17N3O2S. The molecule has 6 heteroatoms. The molecule has 0 unspecified atom stereocenters. The molecular weight excluding hydrogens is 334 g/mol. The molecule has 0 saturated carbocycles. The highest BCUT2D eigenvalue weighted by Gasteiger charge is 2.13. The number of hydrogen-bond donors (Lipinski definition) is 2. The fourth-order valence-electron chi connectivity index (χ4n) is 2.86. The van der Waals surface area contributed by atoms with Crippen LogP contribution >= 0.6 is 11.3 Å². The molecule has 2 aromatic heterocycles. The molecule has 0 radical (unpaired) electrons. The molecule has 1 amide bonds. The van der Waals surface area contributed by atoms with Gasteiger partial charge in [-0.25, -0.2) is 4.98 Å². The zero-order chi connectivity index (χ0) is 17.6. The third-order valence-corrected chi connectivity index (χ3v) is 5.32. The van der Waals surface area contributed by atoms with Crippen LogP contribution in [0.4, 0.5) is 5.13 Å². The fourth-order valence-corrected chi connectivity index (χ4v) is 3.75. The van der Waals surface area contributed by atoms with Gasteiger partial charge in [-0.2, -0.15) is 0 Å². The average Bonchev–Trinajstić information content (AvgIpc) is 3.14. The summed E-state index contributed by atoms with van der Waals surface area (Å²) in [6.45, 7) is 4.08. The van der Waals surface area contributed by atoms with Crippen LogP contribution < -0.4 is 10.1 Å². The highest BCUT2D eigenvalue weighted by atomic mass is 32.1. The number of carbonyl (C=O) groups excluding carboxylic acids is 1. The second kappa shape index (κ2) is 5.89. The third kappa shape index (κ3) is 2.74. The number of nitrogens with zero attached hydrogens (tertiary/aromatic N) is 1. The summed E-state index contributed by atoms with van der Waals surface area (Å²) in [6, 6.07) is 11.3. The first-order valence-corrected chi connectivity index (χ1v) is 8.71. The van der Waals surface area contributed by atoms with E-state index < -0.39 is 0 Å². The number of hydrogen-bond acceptors (Lipinski definition) is 4.